The summed E-state index contributed by atoms with van der Waals surface area (Å²) in [4.78, 5) is 19.6. The zero-order valence-electron chi connectivity index (χ0n) is 24.1. The highest BCUT2D eigenvalue weighted by atomic mass is 32.1. The zero-order chi connectivity index (χ0) is 28.0. The van der Waals surface area contributed by atoms with Gasteiger partial charge in [-0.05, 0) is 73.6 Å². The molecule has 3 aliphatic rings. The monoisotopic (exact) mass is 570 g/mol. The molecule has 6 rings (SSSR count). The maximum atomic E-state index is 5.69. The first-order chi connectivity index (χ1) is 20.1. The number of piperidine rings is 1. The average Bonchev–Trinajstić information content (AvgIpc) is 3.56. The summed E-state index contributed by atoms with van der Waals surface area (Å²) < 4.78 is 0. The Bertz CT molecular complexity index is 1290. The Morgan fingerprint density at radius 2 is 1.37 bits per heavy atom. The van der Waals surface area contributed by atoms with E-state index in [-0.39, 0.29) is 0 Å². The Kier molecular flexibility index (Phi) is 8.70. The van der Waals surface area contributed by atoms with Gasteiger partial charge in [-0.15, -0.1) is 0 Å². The first-order valence-corrected chi connectivity index (χ1v) is 15.6. The van der Waals surface area contributed by atoms with Crippen molar-refractivity contribution in [3.8, 4) is 0 Å². The predicted molar refractivity (Wildman–Crippen MR) is 174 cm³/mol. The van der Waals surface area contributed by atoms with Crippen molar-refractivity contribution < 1.29 is 0 Å². The number of nitrogens with one attached hydrogen (secondary N) is 2. The van der Waals surface area contributed by atoms with Gasteiger partial charge in [0.1, 0.15) is 11.6 Å². The third kappa shape index (κ3) is 7.01. The molecule has 2 N–H and O–H groups in total. The van der Waals surface area contributed by atoms with Gasteiger partial charge in [0.25, 0.3) is 0 Å². The molecule has 3 aliphatic heterocycles. The minimum atomic E-state index is 0.539. The van der Waals surface area contributed by atoms with Crippen LogP contribution in [0.4, 0.5) is 29.0 Å². The number of thiocarbonyl (C=S) groups is 1. The van der Waals surface area contributed by atoms with Crippen LogP contribution in [0.1, 0.15) is 38.2 Å². The molecule has 0 amide bonds. The lowest BCUT2D eigenvalue weighted by molar-refractivity contribution is 0.444. The van der Waals surface area contributed by atoms with E-state index in [4.69, 9.17) is 22.2 Å². The summed E-state index contributed by atoms with van der Waals surface area (Å²) in [6.07, 6.45) is 5.04. The van der Waals surface area contributed by atoms with E-state index < -0.39 is 0 Å². The van der Waals surface area contributed by atoms with Gasteiger partial charge in [-0.1, -0.05) is 37.3 Å². The van der Waals surface area contributed by atoms with E-state index in [1.807, 2.05) is 0 Å². The molecule has 3 saturated heterocycles. The summed E-state index contributed by atoms with van der Waals surface area (Å²) in [6, 6.07) is 21.6. The van der Waals surface area contributed by atoms with Crippen LogP contribution in [0, 0.1) is 5.92 Å². The van der Waals surface area contributed by atoms with Crippen molar-refractivity contribution >= 4 is 46.3 Å². The Morgan fingerprint density at radius 3 is 2.07 bits per heavy atom. The number of anilines is 5. The standard InChI is InChI=1S/C32H42N8S/c1-25-8-7-17-40(24-25)30-22-29(39-20-18-38(19-21-39)27-9-3-2-4-10-27)34-31(35-30)36-32(41)33-23-26-11-13-28(14-12-26)37-15-5-6-16-37/h2-4,9-14,22,25H,5-8,15-21,23-24H2,1H3,(H2,33,34,35,36,41). The van der Waals surface area contributed by atoms with Gasteiger partial charge < -0.3 is 30.2 Å². The van der Waals surface area contributed by atoms with Crippen molar-refractivity contribution in [1.82, 2.24) is 15.3 Å². The van der Waals surface area contributed by atoms with Gasteiger partial charge in [0.15, 0.2) is 5.11 Å². The second kappa shape index (κ2) is 12.9. The van der Waals surface area contributed by atoms with Crippen LogP contribution in [0.5, 0.6) is 0 Å². The summed E-state index contributed by atoms with van der Waals surface area (Å²) in [5.41, 5.74) is 3.79. The Hall–Kier alpha value is -3.59. The number of para-hydroxylation sites is 1. The summed E-state index contributed by atoms with van der Waals surface area (Å²) >= 11 is 5.69. The molecule has 3 aromatic rings. The molecule has 0 radical (unpaired) electrons. The SMILES string of the molecule is CC1CCCN(c2cc(N3CCN(c4ccccc4)CC3)nc(NC(=S)NCc3ccc(N4CCCC4)cc3)n2)C1. The van der Waals surface area contributed by atoms with Crippen molar-refractivity contribution in [2.45, 2.75) is 39.2 Å². The Morgan fingerprint density at radius 1 is 0.756 bits per heavy atom. The van der Waals surface area contributed by atoms with Crippen LogP contribution in [0.15, 0.2) is 60.7 Å². The fraction of sp³-hybridized carbons (Fsp3) is 0.469. The average molecular weight is 571 g/mol. The molecule has 3 fully saturated rings. The number of piperazine rings is 1. The van der Waals surface area contributed by atoms with Crippen LogP contribution in [0.2, 0.25) is 0 Å². The van der Waals surface area contributed by atoms with E-state index in [0.717, 1.165) is 64.0 Å². The second-order valence-electron chi connectivity index (χ2n) is 11.6. The number of hydrogen-bond donors (Lipinski definition) is 2. The Balaban J connectivity index is 1.12. The maximum absolute atomic E-state index is 5.69. The molecule has 1 aromatic heterocycles. The van der Waals surface area contributed by atoms with Gasteiger partial charge in [-0.2, -0.15) is 9.97 Å². The van der Waals surface area contributed by atoms with Crippen molar-refractivity contribution in [2.24, 2.45) is 5.92 Å². The summed E-state index contributed by atoms with van der Waals surface area (Å²) in [7, 11) is 0. The molecule has 41 heavy (non-hydrogen) atoms. The molecule has 0 spiro atoms. The molecule has 0 bridgehead atoms. The highest BCUT2D eigenvalue weighted by molar-refractivity contribution is 7.80. The third-order valence-corrected chi connectivity index (χ3v) is 8.74. The van der Waals surface area contributed by atoms with Gasteiger partial charge in [-0.25, -0.2) is 0 Å². The topological polar surface area (TPSA) is 62.8 Å². The van der Waals surface area contributed by atoms with Crippen LogP contribution in [0.25, 0.3) is 0 Å². The minimum absolute atomic E-state index is 0.539. The zero-order valence-corrected chi connectivity index (χ0v) is 25.0. The minimum Gasteiger partial charge on any atom is -0.372 e. The second-order valence-corrected chi connectivity index (χ2v) is 12.0. The highest BCUT2D eigenvalue weighted by Gasteiger charge is 2.23. The maximum Gasteiger partial charge on any atom is 0.232 e. The molecule has 0 saturated carbocycles. The lowest BCUT2D eigenvalue weighted by Gasteiger charge is -2.37. The molecule has 216 valence electrons. The van der Waals surface area contributed by atoms with E-state index >= 15 is 0 Å². The molecular formula is C32H42N8S. The van der Waals surface area contributed by atoms with E-state index in [2.05, 4.69) is 97.8 Å². The number of rotatable bonds is 7. The van der Waals surface area contributed by atoms with E-state index in [9.17, 15) is 0 Å². The molecule has 8 nitrogen and oxygen atoms in total. The number of nitrogens with zero attached hydrogens (tertiary/aromatic N) is 6. The first kappa shape index (κ1) is 27.6. The Labute approximate surface area is 249 Å². The van der Waals surface area contributed by atoms with E-state index in [1.165, 1.54) is 42.6 Å². The number of hydrogen-bond acceptors (Lipinski definition) is 7. The molecule has 9 heteroatoms. The fourth-order valence-corrected chi connectivity index (χ4v) is 6.32. The lowest BCUT2D eigenvalue weighted by Crippen LogP contribution is -2.47. The third-order valence-electron chi connectivity index (χ3n) is 8.49. The summed E-state index contributed by atoms with van der Waals surface area (Å²) in [5.74, 6) is 3.16. The molecule has 1 unspecified atom stereocenters. The molecule has 2 aromatic carbocycles. The first-order valence-electron chi connectivity index (χ1n) is 15.2. The largest absolute Gasteiger partial charge is 0.372 e. The lowest BCUT2D eigenvalue weighted by atomic mass is 10.0. The summed E-state index contributed by atoms with van der Waals surface area (Å²) in [5, 5.41) is 7.20. The van der Waals surface area contributed by atoms with E-state index in [0.29, 0.717) is 23.5 Å². The number of benzene rings is 2. The van der Waals surface area contributed by atoms with Crippen molar-refractivity contribution in [3.05, 3.63) is 66.2 Å². The van der Waals surface area contributed by atoms with Crippen LogP contribution < -0.4 is 30.2 Å². The van der Waals surface area contributed by atoms with Gasteiger partial charge in [0, 0.05) is 76.3 Å². The van der Waals surface area contributed by atoms with Crippen LogP contribution in [-0.2, 0) is 6.54 Å². The molecular weight excluding hydrogens is 528 g/mol. The fourth-order valence-electron chi connectivity index (χ4n) is 6.16. The van der Waals surface area contributed by atoms with Crippen LogP contribution in [-0.4, -0.2) is 67.4 Å². The number of aromatic nitrogens is 2. The highest BCUT2D eigenvalue weighted by Crippen LogP contribution is 2.27. The normalized spacial score (nSPS) is 19.4. The smallest absolute Gasteiger partial charge is 0.232 e. The van der Waals surface area contributed by atoms with Gasteiger partial charge in [0.05, 0.1) is 0 Å². The van der Waals surface area contributed by atoms with Crippen molar-refractivity contribution in [2.75, 3.05) is 77.3 Å². The van der Waals surface area contributed by atoms with Gasteiger partial charge in [-0.3, -0.25) is 0 Å². The predicted octanol–water partition coefficient (Wildman–Crippen LogP) is 5.13. The van der Waals surface area contributed by atoms with Crippen LogP contribution >= 0.6 is 12.2 Å². The summed E-state index contributed by atoms with van der Waals surface area (Å²) in [6.45, 7) is 11.1. The van der Waals surface area contributed by atoms with Crippen molar-refractivity contribution in [3.63, 3.8) is 0 Å². The molecule has 0 aliphatic carbocycles. The molecule has 4 heterocycles. The van der Waals surface area contributed by atoms with Gasteiger partial charge in [0.2, 0.25) is 5.95 Å². The van der Waals surface area contributed by atoms with Gasteiger partial charge >= 0.3 is 0 Å². The van der Waals surface area contributed by atoms with Crippen LogP contribution in [0.3, 0.4) is 0 Å². The van der Waals surface area contributed by atoms with E-state index in [1.54, 1.807) is 0 Å². The molecule has 1 atom stereocenters. The quantitative estimate of drug-likeness (QED) is 0.377. The van der Waals surface area contributed by atoms with Crippen molar-refractivity contribution in [1.29, 1.82) is 0 Å².